The van der Waals surface area contributed by atoms with E-state index in [9.17, 15) is 22.8 Å². The first kappa shape index (κ1) is 27.6. The lowest BCUT2D eigenvalue weighted by molar-refractivity contribution is -0.139. The van der Waals surface area contributed by atoms with E-state index in [-0.39, 0.29) is 51.6 Å². The highest BCUT2D eigenvalue weighted by molar-refractivity contribution is 6.03. The molecule has 47 heavy (non-hydrogen) atoms. The second-order valence-electron chi connectivity index (χ2n) is 12.8. The Morgan fingerprint density at radius 3 is 2.53 bits per heavy atom. The molecule has 248 valence electrons. The Balaban J connectivity index is 1.08. The van der Waals surface area contributed by atoms with E-state index in [0.29, 0.717) is 50.5 Å². The zero-order valence-electron chi connectivity index (χ0n) is 28.6. The second kappa shape index (κ2) is 11.1. The number of hydrogen-bond donors (Lipinski definition) is 2. The first-order valence-corrected chi connectivity index (χ1v) is 15.3. The van der Waals surface area contributed by atoms with Crippen molar-refractivity contribution < 1.29 is 40.7 Å². The quantitative estimate of drug-likeness (QED) is 0.305. The number of halogens is 4. The minimum Gasteiger partial charge on any atom is -0.495 e. The fourth-order valence-electron chi connectivity index (χ4n) is 7.15. The molecule has 7 rings (SSSR count). The summed E-state index contributed by atoms with van der Waals surface area (Å²) in [6, 6.07) is 6.68. The number of carbonyl (C=O) groups is 2. The number of benzene rings is 2. The highest BCUT2D eigenvalue weighted by Gasteiger charge is 2.57. The number of amides is 2. The van der Waals surface area contributed by atoms with Crippen LogP contribution in [0.2, 0.25) is 0 Å². The minimum atomic E-state index is -4.90. The number of nitrogens with zero attached hydrogens (tertiary/aromatic N) is 4. The van der Waals surface area contributed by atoms with Crippen LogP contribution in [-0.4, -0.2) is 71.8 Å². The van der Waals surface area contributed by atoms with Gasteiger partial charge in [-0.3, -0.25) is 9.59 Å². The highest BCUT2D eigenvalue weighted by atomic mass is 19.4. The number of ether oxygens (including phenoxy) is 2. The number of methoxy groups -OCH3 is 1. The van der Waals surface area contributed by atoms with E-state index in [2.05, 4.69) is 20.6 Å². The SMILES string of the molecule is [2H]C([2H])([2H])N1CCC2(CC1)CC(NC(=O)c1cc(OC)c(Nc3ncc(C(F)(F)F)c(Oc4cccc5c4C(=O)N(C)C54CC4)n3)cc1F)C2. The van der Waals surface area contributed by atoms with E-state index < -0.39 is 41.9 Å². The monoisotopic (exact) mass is 657 g/mol. The van der Waals surface area contributed by atoms with Crippen molar-refractivity contribution in [2.45, 2.75) is 56.3 Å². The average Bonchev–Trinajstić information content (AvgIpc) is 3.81. The molecule has 2 amide bonds. The number of rotatable bonds is 7. The Hall–Kier alpha value is -4.46. The Labute approximate surface area is 272 Å². The van der Waals surface area contributed by atoms with Crippen molar-refractivity contribution in [1.29, 1.82) is 0 Å². The van der Waals surface area contributed by atoms with Crippen molar-refractivity contribution in [3.8, 4) is 17.4 Å². The molecule has 2 aliphatic carbocycles. The van der Waals surface area contributed by atoms with Gasteiger partial charge in [0, 0.05) is 29.5 Å². The van der Waals surface area contributed by atoms with E-state index in [1.54, 1.807) is 24.1 Å². The summed E-state index contributed by atoms with van der Waals surface area (Å²) in [5.41, 5.74) is -1.34. The summed E-state index contributed by atoms with van der Waals surface area (Å²) < 4.78 is 91.4. The Bertz CT molecular complexity index is 1870. The molecule has 2 spiro atoms. The molecule has 2 saturated carbocycles. The van der Waals surface area contributed by atoms with Crippen LogP contribution in [-0.2, 0) is 11.7 Å². The molecule has 3 heterocycles. The van der Waals surface area contributed by atoms with Crippen molar-refractivity contribution in [2.75, 3.05) is 39.5 Å². The summed E-state index contributed by atoms with van der Waals surface area (Å²) in [5.74, 6) is -3.31. The number of fused-ring (bicyclic) bond motifs is 2. The third-order valence-electron chi connectivity index (χ3n) is 9.98. The molecular formula is C33H34F4N6O4. The number of alkyl halides is 3. The smallest absolute Gasteiger partial charge is 0.423 e. The lowest BCUT2D eigenvalue weighted by Gasteiger charge is -2.52. The normalized spacial score (nSPS) is 21.0. The molecule has 10 nitrogen and oxygen atoms in total. The maximum atomic E-state index is 15.4. The number of piperidine rings is 1. The third kappa shape index (κ3) is 5.41. The van der Waals surface area contributed by atoms with Crippen LogP contribution >= 0.6 is 0 Å². The van der Waals surface area contributed by atoms with Crippen molar-refractivity contribution >= 4 is 23.5 Å². The van der Waals surface area contributed by atoms with Gasteiger partial charge in [0.15, 0.2) is 0 Å². The van der Waals surface area contributed by atoms with Gasteiger partial charge in [-0.05, 0) is 81.7 Å². The molecule has 0 unspecified atom stereocenters. The predicted molar refractivity (Wildman–Crippen MR) is 162 cm³/mol. The van der Waals surface area contributed by atoms with Crippen molar-refractivity contribution in [3.63, 3.8) is 0 Å². The largest absolute Gasteiger partial charge is 0.495 e. The predicted octanol–water partition coefficient (Wildman–Crippen LogP) is 5.86. The average molecular weight is 658 g/mol. The van der Waals surface area contributed by atoms with Crippen LogP contribution in [0.5, 0.6) is 17.4 Å². The molecular weight excluding hydrogens is 620 g/mol. The van der Waals surface area contributed by atoms with E-state index in [0.717, 1.165) is 18.9 Å². The molecule has 0 radical (unpaired) electrons. The van der Waals surface area contributed by atoms with Crippen LogP contribution < -0.4 is 20.1 Å². The van der Waals surface area contributed by atoms with Gasteiger partial charge in [-0.15, -0.1) is 0 Å². The van der Waals surface area contributed by atoms with Gasteiger partial charge in [-0.2, -0.15) is 18.2 Å². The topological polar surface area (TPSA) is 109 Å². The molecule has 14 heteroatoms. The summed E-state index contributed by atoms with van der Waals surface area (Å²) in [7, 11) is 2.92. The zero-order valence-corrected chi connectivity index (χ0v) is 25.6. The standard InChI is InChI=1S/C33H34F4N6O4/c1-42-11-9-31(10-12-42)15-18(16-31)39-27(44)19-13-25(46-3)23(14-22(19)34)40-30-38-17-21(33(35,36)37)28(41-30)47-24-6-4-5-20-26(24)29(45)43(2)32(20)7-8-32/h4-6,13-14,17-18H,7-12,15-16H2,1-3H3,(H,39,44)(H,38,40,41)/i1D3. The van der Waals surface area contributed by atoms with Gasteiger partial charge < -0.3 is 29.9 Å². The van der Waals surface area contributed by atoms with Crippen LogP contribution in [0, 0.1) is 11.2 Å². The molecule has 2 N–H and O–H groups in total. The molecule has 1 saturated heterocycles. The van der Waals surface area contributed by atoms with E-state index in [4.69, 9.17) is 13.6 Å². The van der Waals surface area contributed by atoms with Gasteiger partial charge in [0.25, 0.3) is 11.8 Å². The van der Waals surface area contributed by atoms with Gasteiger partial charge in [-0.1, -0.05) is 12.1 Å². The fourth-order valence-corrected chi connectivity index (χ4v) is 7.15. The van der Waals surface area contributed by atoms with Gasteiger partial charge in [0.05, 0.1) is 29.5 Å². The van der Waals surface area contributed by atoms with Gasteiger partial charge in [-0.25, -0.2) is 9.37 Å². The Morgan fingerprint density at radius 2 is 1.87 bits per heavy atom. The van der Waals surface area contributed by atoms with Crippen LogP contribution in [0.25, 0.3) is 0 Å². The van der Waals surface area contributed by atoms with Gasteiger partial charge in [0.2, 0.25) is 11.8 Å². The summed E-state index contributed by atoms with van der Waals surface area (Å²) in [6.45, 7) is -1.24. The molecule has 3 aromatic rings. The summed E-state index contributed by atoms with van der Waals surface area (Å²) in [4.78, 5) is 37.0. The summed E-state index contributed by atoms with van der Waals surface area (Å²) in [6.07, 6.45) is -0.220. The van der Waals surface area contributed by atoms with Crippen molar-refractivity contribution in [2.24, 2.45) is 5.41 Å². The van der Waals surface area contributed by atoms with Crippen LogP contribution in [0.3, 0.4) is 0 Å². The minimum absolute atomic E-state index is 0.00567. The zero-order chi connectivity index (χ0) is 35.8. The van der Waals surface area contributed by atoms with E-state index in [1.807, 2.05) is 0 Å². The summed E-state index contributed by atoms with van der Waals surface area (Å²) >= 11 is 0. The van der Waals surface area contributed by atoms with Crippen LogP contribution in [0.4, 0.5) is 29.2 Å². The number of hydrogen-bond acceptors (Lipinski definition) is 8. The Kier molecular flexibility index (Phi) is 6.51. The van der Waals surface area contributed by atoms with Gasteiger partial charge in [0.1, 0.15) is 22.9 Å². The number of likely N-dealkylation sites (tertiary alicyclic amines) is 1. The third-order valence-corrected chi connectivity index (χ3v) is 9.98. The highest BCUT2D eigenvalue weighted by Crippen LogP contribution is 2.57. The summed E-state index contributed by atoms with van der Waals surface area (Å²) in [5, 5.41) is 5.49. The lowest BCUT2D eigenvalue weighted by atomic mass is 9.60. The Morgan fingerprint density at radius 1 is 1.13 bits per heavy atom. The van der Waals surface area contributed by atoms with E-state index >= 15 is 4.39 Å². The second-order valence-corrected chi connectivity index (χ2v) is 12.8. The van der Waals surface area contributed by atoms with Crippen LogP contribution in [0.1, 0.15) is 74.5 Å². The number of nitrogens with one attached hydrogen (secondary N) is 2. The van der Waals surface area contributed by atoms with Crippen molar-refractivity contribution in [3.05, 3.63) is 64.6 Å². The molecule has 1 aromatic heterocycles. The first-order chi connectivity index (χ1) is 23.5. The first-order valence-electron chi connectivity index (χ1n) is 16.8. The van der Waals surface area contributed by atoms with Gasteiger partial charge >= 0.3 is 6.18 Å². The molecule has 2 aromatic carbocycles. The molecule has 3 fully saturated rings. The maximum Gasteiger partial charge on any atom is 0.423 e. The lowest BCUT2D eigenvalue weighted by Crippen LogP contribution is -2.54. The molecule has 0 atom stereocenters. The van der Waals surface area contributed by atoms with Crippen LogP contribution in [0.15, 0.2) is 36.5 Å². The molecule has 2 aliphatic heterocycles. The van der Waals surface area contributed by atoms with E-state index in [1.165, 1.54) is 24.1 Å². The van der Waals surface area contributed by atoms with Crippen molar-refractivity contribution in [1.82, 2.24) is 25.1 Å². The fraction of sp³-hybridized carbons (Fsp3) is 0.455. The number of aromatic nitrogens is 2. The maximum absolute atomic E-state index is 15.4. The molecule has 4 aliphatic rings. The number of anilines is 2. The number of carbonyl (C=O) groups excluding carboxylic acids is 2. The molecule has 0 bridgehead atoms.